The Kier molecular flexibility index (Phi) is 5.47. The molecule has 2 aromatic rings. The maximum absolute atomic E-state index is 6.33. The molecule has 0 aliphatic rings. The van der Waals surface area contributed by atoms with Crippen molar-refractivity contribution in [2.75, 3.05) is 0 Å². The number of alkyl halides is 1. The van der Waals surface area contributed by atoms with Gasteiger partial charge in [0.15, 0.2) is 0 Å². The van der Waals surface area contributed by atoms with Gasteiger partial charge >= 0.3 is 0 Å². The zero-order valence-electron chi connectivity index (χ0n) is 12.8. The fourth-order valence-corrected chi connectivity index (χ4v) is 2.73. The molecule has 0 spiro atoms. The Labute approximate surface area is 127 Å². The lowest BCUT2D eigenvalue weighted by atomic mass is 10.0. The number of para-hydroxylation sites is 2. The van der Waals surface area contributed by atoms with Crippen LogP contribution in [0.4, 0.5) is 0 Å². The summed E-state index contributed by atoms with van der Waals surface area (Å²) >= 11 is 6.33. The maximum Gasteiger partial charge on any atom is 0.109 e. The zero-order chi connectivity index (χ0) is 14.5. The van der Waals surface area contributed by atoms with E-state index in [9.17, 15) is 0 Å². The molecule has 20 heavy (non-hydrogen) atoms. The van der Waals surface area contributed by atoms with E-state index in [4.69, 9.17) is 16.6 Å². The Balaban J connectivity index is 2.10. The lowest BCUT2D eigenvalue weighted by molar-refractivity contribution is 0.536. The fraction of sp³-hybridized carbons (Fsp3) is 0.588. The number of hydrogen-bond acceptors (Lipinski definition) is 1. The number of aromatic nitrogens is 2. The molecule has 0 bridgehead atoms. The van der Waals surface area contributed by atoms with Crippen LogP contribution >= 0.6 is 11.6 Å². The molecule has 0 saturated heterocycles. The van der Waals surface area contributed by atoms with Crippen LogP contribution < -0.4 is 0 Å². The van der Waals surface area contributed by atoms with Gasteiger partial charge in [0, 0.05) is 18.3 Å². The minimum atomic E-state index is 0.277. The molecule has 110 valence electrons. The third-order valence-electron chi connectivity index (χ3n) is 3.78. The van der Waals surface area contributed by atoms with Crippen molar-refractivity contribution in [1.82, 2.24) is 9.55 Å². The van der Waals surface area contributed by atoms with Crippen LogP contribution in [0, 0.1) is 5.92 Å². The van der Waals surface area contributed by atoms with Gasteiger partial charge in [0.1, 0.15) is 5.82 Å². The fourth-order valence-electron chi connectivity index (χ4n) is 2.58. The molecule has 0 aliphatic heterocycles. The third-order valence-corrected chi connectivity index (χ3v) is 4.51. The molecule has 0 radical (unpaired) electrons. The molecule has 1 atom stereocenters. The second kappa shape index (κ2) is 7.12. The topological polar surface area (TPSA) is 17.8 Å². The van der Waals surface area contributed by atoms with Crippen molar-refractivity contribution in [2.24, 2.45) is 5.92 Å². The average molecular weight is 293 g/mol. The summed E-state index contributed by atoms with van der Waals surface area (Å²) in [6.07, 6.45) is 4.33. The second-order valence-corrected chi connectivity index (χ2v) is 6.38. The molecule has 3 heteroatoms. The van der Waals surface area contributed by atoms with Crippen molar-refractivity contribution < 1.29 is 0 Å². The Morgan fingerprint density at radius 1 is 1.25 bits per heavy atom. The first-order valence-electron chi connectivity index (χ1n) is 7.71. The number of halogens is 1. The molecule has 0 saturated carbocycles. The van der Waals surface area contributed by atoms with Crippen LogP contribution in [0.1, 0.15) is 45.9 Å². The van der Waals surface area contributed by atoms with Gasteiger partial charge in [0.05, 0.1) is 11.0 Å². The summed E-state index contributed by atoms with van der Waals surface area (Å²) in [5.74, 6) is 1.76. The molecule has 2 nitrogen and oxygen atoms in total. The predicted molar refractivity (Wildman–Crippen MR) is 87.4 cm³/mol. The molecule has 2 rings (SSSR count). The van der Waals surface area contributed by atoms with Gasteiger partial charge in [0.25, 0.3) is 0 Å². The lowest BCUT2D eigenvalue weighted by Gasteiger charge is -2.13. The van der Waals surface area contributed by atoms with Gasteiger partial charge in [-0.1, -0.05) is 32.9 Å². The number of imidazole rings is 1. The van der Waals surface area contributed by atoms with E-state index in [-0.39, 0.29) is 5.38 Å². The standard InChI is InChI=1S/C17H25ClN2/c1-4-12-20-16-10-6-5-9-15(16)19-17(20)11-7-8-14(18)13(2)3/h5-6,9-10,13-14H,4,7-8,11-12H2,1-3H3. The maximum atomic E-state index is 6.33. The molecule has 1 aromatic carbocycles. The van der Waals surface area contributed by atoms with E-state index in [2.05, 4.69) is 49.6 Å². The number of rotatable bonds is 7. The van der Waals surface area contributed by atoms with Gasteiger partial charge in [-0.15, -0.1) is 11.6 Å². The normalized spacial score (nSPS) is 13.2. The molecule has 1 heterocycles. The van der Waals surface area contributed by atoms with Gasteiger partial charge < -0.3 is 4.57 Å². The highest BCUT2D eigenvalue weighted by molar-refractivity contribution is 6.20. The molecule has 1 aromatic heterocycles. The van der Waals surface area contributed by atoms with Crippen molar-refractivity contribution in [2.45, 2.75) is 58.4 Å². The molecule has 0 amide bonds. The zero-order valence-corrected chi connectivity index (χ0v) is 13.5. The smallest absolute Gasteiger partial charge is 0.109 e. The van der Waals surface area contributed by atoms with Crippen molar-refractivity contribution in [1.29, 1.82) is 0 Å². The highest BCUT2D eigenvalue weighted by atomic mass is 35.5. The van der Waals surface area contributed by atoms with E-state index in [1.54, 1.807) is 0 Å². The Hall–Kier alpha value is -1.02. The van der Waals surface area contributed by atoms with Gasteiger partial charge in [-0.25, -0.2) is 4.98 Å². The number of hydrogen-bond donors (Lipinski definition) is 0. The highest BCUT2D eigenvalue weighted by Crippen LogP contribution is 2.20. The number of benzene rings is 1. The van der Waals surface area contributed by atoms with Crippen LogP contribution in [-0.2, 0) is 13.0 Å². The quantitative estimate of drug-likeness (QED) is 0.654. The predicted octanol–water partition coefficient (Wildman–Crippen LogP) is 5.03. The van der Waals surface area contributed by atoms with Crippen molar-refractivity contribution in [3.63, 3.8) is 0 Å². The molecular formula is C17H25ClN2. The lowest BCUT2D eigenvalue weighted by Crippen LogP contribution is -2.09. The highest BCUT2D eigenvalue weighted by Gasteiger charge is 2.12. The molecule has 0 aliphatic carbocycles. The minimum Gasteiger partial charge on any atom is -0.328 e. The Bertz CT molecular complexity index is 545. The van der Waals surface area contributed by atoms with Crippen LogP contribution in [0.3, 0.4) is 0 Å². The van der Waals surface area contributed by atoms with Crippen LogP contribution in [0.5, 0.6) is 0 Å². The summed E-state index contributed by atoms with van der Waals surface area (Å²) in [4.78, 5) is 4.79. The molecule has 1 unspecified atom stereocenters. The molecule has 0 N–H and O–H groups in total. The van der Waals surface area contributed by atoms with Crippen LogP contribution in [0.15, 0.2) is 24.3 Å². The number of nitrogens with zero attached hydrogens (tertiary/aromatic N) is 2. The van der Waals surface area contributed by atoms with Gasteiger partial charge in [-0.2, -0.15) is 0 Å². The van der Waals surface area contributed by atoms with E-state index in [1.807, 2.05) is 0 Å². The van der Waals surface area contributed by atoms with Crippen LogP contribution in [0.25, 0.3) is 11.0 Å². The van der Waals surface area contributed by atoms with Crippen molar-refractivity contribution in [3.8, 4) is 0 Å². The first-order chi connectivity index (χ1) is 9.63. The van der Waals surface area contributed by atoms with Crippen LogP contribution in [-0.4, -0.2) is 14.9 Å². The summed E-state index contributed by atoms with van der Waals surface area (Å²) in [6.45, 7) is 7.63. The van der Waals surface area contributed by atoms with E-state index in [1.165, 1.54) is 11.3 Å². The second-order valence-electron chi connectivity index (χ2n) is 5.82. The van der Waals surface area contributed by atoms with E-state index < -0.39 is 0 Å². The Morgan fingerprint density at radius 3 is 2.70 bits per heavy atom. The summed E-state index contributed by atoms with van der Waals surface area (Å²) < 4.78 is 2.37. The third kappa shape index (κ3) is 3.54. The van der Waals surface area contributed by atoms with E-state index in [0.717, 1.165) is 37.7 Å². The van der Waals surface area contributed by atoms with Crippen molar-refractivity contribution >= 4 is 22.6 Å². The van der Waals surface area contributed by atoms with Gasteiger partial charge in [0.2, 0.25) is 0 Å². The first-order valence-corrected chi connectivity index (χ1v) is 8.15. The monoisotopic (exact) mass is 292 g/mol. The van der Waals surface area contributed by atoms with Gasteiger partial charge in [-0.05, 0) is 37.3 Å². The molecular weight excluding hydrogens is 268 g/mol. The Morgan fingerprint density at radius 2 is 2.00 bits per heavy atom. The summed E-state index contributed by atoms with van der Waals surface area (Å²) in [6, 6.07) is 8.42. The van der Waals surface area contributed by atoms with Gasteiger partial charge in [-0.3, -0.25) is 0 Å². The average Bonchev–Trinajstić information content (AvgIpc) is 2.77. The minimum absolute atomic E-state index is 0.277. The first kappa shape index (κ1) is 15.4. The summed E-state index contributed by atoms with van der Waals surface area (Å²) in [5.41, 5.74) is 2.37. The number of aryl methyl sites for hydroxylation is 2. The van der Waals surface area contributed by atoms with Crippen LogP contribution in [0.2, 0.25) is 0 Å². The van der Waals surface area contributed by atoms with E-state index in [0.29, 0.717) is 5.92 Å². The molecule has 0 fully saturated rings. The van der Waals surface area contributed by atoms with Crippen molar-refractivity contribution in [3.05, 3.63) is 30.1 Å². The SMILES string of the molecule is CCCn1c(CCCC(Cl)C(C)C)nc2ccccc21. The van der Waals surface area contributed by atoms with E-state index >= 15 is 0 Å². The largest absolute Gasteiger partial charge is 0.328 e. The number of fused-ring (bicyclic) bond motifs is 1. The summed E-state index contributed by atoms with van der Waals surface area (Å²) in [5, 5.41) is 0.277. The summed E-state index contributed by atoms with van der Waals surface area (Å²) in [7, 11) is 0.